The number of ketones is 1. The molecular weight excluding hydrogens is 342 g/mol. The van der Waals surface area contributed by atoms with Gasteiger partial charge < -0.3 is 0 Å². The van der Waals surface area contributed by atoms with E-state index in [0.29, 0.717) is 17.6 Å². The summed E-state index contributed by atoms with van der Waals surface area (Å²) in [6.07, 6.45) is 5.27. The van der Waals surface area contributed by atoms with Crippen LogP contribution in [0.3, 0.4) is 0 Å². The standard InChI is InChI=1S/C26H33NO/c1-3-15-27(16-4-2)26-17-22(20-11-7-5-8-12-20)25(24(28)19-26)23(18-26)21-13-9-6-10-14-21/h5-14,22-23,25H,3-4,15-19H2,1-2H3/t22-,23-,25?,26?/m0/s1. The lowest BCUT2D eigenvalue weighted by atomic mass is 9.52. The first kappa shape index (κ1) is 19.4. The summed E-state index contributed by atoms with van der Waals surface area (Å²) in [6, 6.07) is 21.6. The molecule has 2 aromatic carbocycles. The van der Waals surface area contributed by atoms with Gasteiger partial charge >= 0.3 is 0 Å². The molecule has 2 nitrogen and oxygen atoms in total. The van der Waals surface area contributed by atoms with Gasteiger partial charge in [0.15, 0.2) is 0 Å². The van der Waals surface area contributed by atoms with E-state index in [2.05, 4.69) is 79.4 Å². The summed E-state index contributed by atoms with van der Waals surface area (Å²) in [6.45, 7) is 6.71. The molecule has 0 amide bonds. The molecule has 0 aromatic heterocycles. The summed E-state index contributed by atoms with van der Waals surface area (Å²) in [4.78, 5) is 16.2. The minimum Gasteiger partial charge on any atom is -0.299 e. The Labute approximate surface area is 170 Å². The fraction of sp³-hybridized carbons (Fsp3) is 0.500. The fourth-order valence-corrected chi connectivity index (χ4v) is 6.02. The summed E-state index contributed by atoms with van der Waals surface area (Å²) in [7, 11) is 0. The first-order valence-electron chi connectivity index (χ1n) is 11.1. The van der Waals surface area contributed by atoms with E-state index in [4.69, 9.17) is 0 Å². The first-order valence-corrected chi connectivity index (χ1v) is 11.1. The molecule has 3 fully saturated rings. The Balaban J connectivity index is 1.79. The normalized spacial score (nSPS) is 29.4. The fourth-order valence-electron chi connectivity index (χ4n) is 6.02. The summed E-state index contributed by atoms with van der Waals surface area (Å²) < 4.78 is 0. The highest BCUT2D eigenvalue weighted by Gasteiger charge is 2.57. The van der Waals surface area contributed by atoms with Gasteiger partial charge in [-0.2, -0.15) is 0 Å². The molecule has 2 bridgehead atoms. The summed E-state index contributed by atoms with van der Waals surface area (Å²) in [5.41, 5.74) is 2.70. The van der Waals surface area contributed by atoms with Crippen LogP contribution in [0.5, 0.6) is 0 Å². The van der Waals surface area contributed by atoms with Gasteiger partial charge in [-0.05, 0) is 61.7 Å². The van der Waals surface area contributed by atoms with Gasteiger partial charge in [-0.3, -0.25) is 9.69 Å². The molecule has 0 N–H and O–H groups in total. The van der Waals surface area contributed by atoms with Crippen LogP contribution in [0.2, 0.25) is 0 Å². The number of hydrogen-bond acceptors (Lipinski definition) is 2. The molecule has 2 aromatic rings. The molecule has 28 heavy (non-hydrogen) atoms. The molecule has 3 saturated carbocycles. The largest absolute Gasteiger partial charge is 0.299 e. The highest BCUT2D eigenvalue weighted by molar-refractivity contribution is 5.86. The van der Waals surface area contributed by atoms with Crippen LogP contribution < -0.4 is 0 Å². The zero-order valence-corrected chi connectivity index (χ0v) is 17.3. The van der Waals surface area contributed by atoms with E-state index in [1.807, 2.05) is 0 Å². The van der Waals surface area contributed by atoms with Crippen molar-refractivity contribution in [2.45, 2.75) is 63.3 Å². The lowest BCUT2D eigenvalue weighted by Gasteiger charge is -2.58. The Morgan fingerprint density at radius 3 is 1.71 bits per heavy atom. The Kier molecular flexibility index (Phi) is 5.68. The number of carbonyl (C=O) groups excluding carboxylic acids is 1. The van der Waals surface area contributed by atoms with E-state index in [0.717, 1.165) is 45.2 Å². The monoisotopic (exact) mass is 375 g/mol. The quantitative estimate of drug-likeness (QED) is 0.610. The average Bonchev–Trinajstić information content (AvgIpc) is 2.74. The van der Waals surface area contributed by atoms with E-state index >= 15 is 0 Å². The van der Waals surface area contributed by atoms with Gasteiger partial charge in [0, 0.05) is 17.9 Å². The Bertz CT molecular complexity index is 729. The van der Waals surface area contributed by atoms with Crippen molar-refractivity contribution in [3.05, 3.63) is 71.8 Å². The predicted molar refractivity (Wildman–Crippen MR) is 116 cm³/mol. The molecule has 5 rings (SSSR count). The lowest BCUT2D eigenvalue weighted by molar-refractivity contribution is -0.140. The average molecular weight is 376 g/mol. The highest BCUT2D eigenvalue weighted by atomic mass is 16.1. The van der Waals surface area contributed by atoms with Crippen LogP contribution in [-0.2, 0) is 4.79 Å². The van der Waals surface area contributed by atoms with E-state index in [1.165, 1.54) is 11.1 Å². The van der Waals surface area contributed by atoms with Crippen molar-refractivity contribution < 1.29 is 4.79 Å². The second kappa shape index (κ2) is 8.21. The second-order valence-corrected chi connectivity index (χ2v) is 8.82. The van der Waals surface area contributed by atoms with Crippen molar-refractivity contribution >= 4 is 5.78 Å². The van der Waals surface area contributed by atoms with Crippen molar-refractivity contribution in [1.82, 2.24) is 4.90 Å². The zero-order valence-electron chi connectivity index (χ0n) is 17.3. The molecule has 0 unspecified atom stereocenters. The minimum atomic E-state index is 0.0128. The third-order valence-corrected chi connectivity index (χ3v) is 7.06. The molecule has 0 spiro atoms. The van der Waals surface area contributed by atoms with Crippen molar-refractivity contribution in [3.8, 4) is 0 Å². The van der Waals surface area contributed by atoms with Gasteiger partial charge in [0.05, 0.1) is 0 Å². The third-order valence-electron chi connectivity index (χ3n) is 7.06. The van der Waals surface area contributed by atoms with Crippen molar-refractivity contribution in [2.24, 2.45) is 5.92 Å². The number of nitrogens with zero attached hydrogens (tertiary/aromatic N) is 1. The molecule has 0 aliphatic heterocycles. The summed E-state index contributed by atoms with van der Waals surface area (Å²) in [5.74, 6) is 1.27. The maximum Gasteiger partial charge on any atom is 0.139 e. The van der Waals surface area contributed by atoms with Gasteiger partial charge in [0.2, 0.25) is 0 Å². The number of hydrogen-bond donors (Lipinski definition) is 0. The molecule has 0 heterocycles. The van der Waals surface area contributed by atoms with Gasteiger partial charge in [-0.25, -0.2) is 0 Å². The van der Waals surface area contributed by atoms with Crippen LogP contribution in [0.25, 0.3) is 0 Å². The molecular formula is C26H33NO. The smallest absolute Gasteiger partial charge is 0.139 e. The second-order valence-electron chi connectivity index (χ2n) is 8.82. The number of rotatable bonds is 7. The van der Waals surface area contributed by atoms with Gasteiger partial charge in [-0.15, -0.1) is 0 Å². The molecule has 3 aliphatic rings. The van der Waals surface area contributed by atoms with E-state index in [1.54, 1.807) is 0 Å². The Morgan fingerprint density at radius 2 is 1.29 bits per heavy atom. The van der Waals surface area contributed by atoms with E-state index < -0.39 is 0 Å². The van der Waals surface area contributed by atoms with Crippen LogP contribution in [0, 0.1) is 5.92 Å². The highest BCUT2D eigenvalue weighted by Crippen LogP contribution is 2.58. The maximum absolute atomic E-state index is 13.5. The SMILES string of the molecule is CCCN(CCC)C12CC(=O)C([C@H](c3ccccc3)C1)[C@H](c1ccccc1)C2. The van der Waals surface area contributed by atoms with Crippen LogP contribution in [0.1, 0.15) is 68.9 Å². The number of Topliss-reactive ketones (excluding diaryl/α,β-unsaturated/α-hetero) is 1. The number of fused-ring (bicyclic) bond motifs is 3. The molecule has 148 valence electrons. The van der Waals surface area contributed by atoms with Crippen LogP contribution in [0.4, 0.5) is 0 Å². The topological polar surface area (TPSA) is 20.3 Å². The summed E-state index contributed by atoms with van der Waals surface area (Å²) in [5, 5.41) is 0. The van der Waals surface area contributed by atoms with E-state index in [9.17, 15) is 4.79 Å². The van der Waals surface area contributed by atoms with Crippen molar-refractivity contribution in [1.29, 1.82) is 0 Å². The first-order chi connectivity index (χ1) is 13.7. The molecule has 2 atom stereocenters. The van der Waals surface area contributed by atoms with Gasteiger partial charge in [0.25, 0.3) is 0 Å². The molecule has 0 radical (unpaired) electrons. The van der Waals surface area contributed by atoms with Crippen LogP contribution in [0.15, 0.2) is 60.7 Å². The third kappa shape index (κ3) is 3.43. The number of carbonyl (C=O) groups is 1. The molecule has 0 saturated heterocycles. The predicted octanol–water partition coefficient (Wildman–Crippen LogP) is 5.80. The lowest BCUT2D eigenvalue weighted by Crippen LogP contribution is -2.61. The minimum absolute atomic E-state index is 0.0128. The number of benzene rings is 2. The Hall–Kier alpha value is -1.93. The van der Waals surface area contributed by atoms with Crippen LogP contribution in [-0.4, -0.2) is 29.3 Å². The van der Waals surface area contributed by atoms with Crippen LogP contribution >= 0.6 is 0 Å². The summed E-state index contributed by atoms with van der Waals surface area (Å²) >= 11 is 0. The van der Waals surface area contributed by atoms with Crippen molar-refractivity contribution in [2.75, 3.05) is 13.1 Å². The van der Waals surface area contributed by atoms with Gasteiger partial charge in [0.1, 0.15) is 5.78 Å². The van der Waals surface area contributed by atoms with E-state index in [-0.39, 0.29) is 11.5 Å². The zero-order chi connectivity index (χ0) is 19.6. The molecule has 3 aliphatic carbocycles. The molecule has 2 heteroatoms. The van der Waals surface area contributed by atoms with Gasteiger partial charge in [-0.1, -0.05) is 74.5 Å². The van der Waals surface area contributed by atoms with Crippen molar-refractivity contribution in [3.63, 3.8) is 0 Å². The Morgan fingerprint density at radius 1 is 0.821 bits per heavy atom. The maximum atomic E-state index is 13.5.